The first-order valence-corrected chi connectivity index (χ1v) is 3.46. The predicted molar refractivity (Wildman–Crippen MR) is 45.7 cm³/mol. The molecular weight excluding hydrogens is 172 g/mol. The number of hydrogen-bond donors (Lipinski definition) is 3. The van der Waals surface area contributed by atoms with E-state index >= 15 is 0 Å². The molecule has 6 heteroatoms. The number of aromatic nitrogens is 1. The van der Waals surface area contributed by atoms with Gasteiger partial charge in [-0.05, 0) is 6.07 Å². The van der Waals surface area contributed by atoms with E-state index in [4.69, 9.17) is 0 Å². The van der Waals surface area contributed by atoms with Gasteiger partial charge in [0.25, 0.3) is 0 Å². The maximum Gasteiger partial charge on any atom is 0.329 e. The Morgan fingerprint density at radius 3 is 2.92 bits per heavy atom. The highest BCUT2D eigenvalue weighted by Gasteiger charge is 2.04. The van der Waals surface area contributed by atoms with Gasteiger partial charge in [0.05, 0.1) is 6.21 Å². The van der Waals surface area contributed by atoms with Crippen LogP contribution in [0.15, 0.2) is 23.6 Å². The lowest BCUT2D eigenvalue weighted by Crippen LogP contribution is -2.32. The lowest BCUT2D eigenvalue weighted by atomic mass is 10.4. The van der Waals surface area contributed by atoms with Crippen LogP contribution in [0.3, 0.4) is 0 Å². The maximum absolute atomic E-state index is 10.6. The molecule has 0 aliphatic rings. The summed E-state index contributed by atoms with van der Waals surface area (Å²) in [5.41, 5.74) is 7.41. The minimum Gasteiger partial charge on any atom is -0.367 e. The first-order chi connectivity index (χ1) is 6.20. The van der Waals surface area contributed by atoms with E-state index in [2.05, 4.69) is 15.8 Å². The molecule has 0 saturated heterocycles. The second-order valence-corrected chi connectivity index (χ2v) is 2.21. The van der Waals surface area contributed by atoms with Crippen molar-refractivity contribution in [3.05, 3.63) is 24.0 Å². The van der Waals surface area contributed by atoms with Crippen LogP contribution in [0, 0.1) is 0 Å². The number of nitrogens with two attached hydrogens (primary N) is 1. The fourth-order valence-electron chi connectivity index (χ4n) is 0.638. The highest BCUT2D eigenvalue weighted by Crippen LogP contribution is 1.89. The zero-order valence-corrected chi connectivity index (χ0v) is 6.65. The minimum absolute atomic E-state index is 0.782. The zero-order chi connectivity index (χ0) is 9.68. The smallest absolute Gasteiger partial charge is 0.329 e. The molecule has 1 aromatic heterocycles. The van der Waals surface area contributed by atoms with Crippen LogP contribution >= 0.6 is 0 Å². The maximum atomic E-state index is 10.6. The lowest BCUT2D eigenvalue weighted by molar-refractivity contribution is -0.137. The number of H-pyrrole nitrogens is 1. The molecule has 68 valence electrons. The Labute approximate surface area is 73.8 Å². The Morgan fingerprint density at radius 1 is 1.62 bits per heavy atom. The summed E-state index contributed by atoms with van der Waals surface area (Å²) in [7, 11) is 0. The van der Waals surface area contributed by atoms with E-state index in [-0.39, 0.29) is 0 Å². The molecule has 0 bridgehead atoms. The van der Waals surface area contributed by atoms with Crippen molar-refractivity contribution in [1.29, 1.82) is 0 Å². The molecule has 13 heavy (non-hydrogen) atoms. The summed E-state index contributed by atoms with van der Waals surface area (Å²) < 4.78 is 0. The molecule has 0 fully saturated rings. The summed E-state index contributed by atoms with van der Waals surface area (Å²) >= 11 is 0. The molecule has 0 radical (unpaired) electrons. The zero-order valence-electron chi connectivity index (χ0n) is 6.65. The van der Waals surface area contributed by atoms with E-state index in [0.29, 0.717) is 0 Å². The first-order valence-electron chi connectivity index (χ1n) is 3.46. The highest BCUT2D eigenvalue weighted by atomic mass is 16.2. The van der Waals surface area contributed by atoms with Gasteiger partial charge in [-0.15, -0.1) is 0 Å². The number of hydrazone groups is 1. The number of nitrogens with one attached hydrogen (secondary N) is 2. The van der Waals surface area contributed by atoms with Crippen molar-refractivity contribution in [2.45, 2.75) is 0 Å². The fourth-order valence-corrected chi connectivity index (χ4v) is 0.638. The van der Waals surface area contributed by atoms with Crippen LogP contribution in [0.5, 0.6) is 0 Å². The largest absolute Gasteiger partial charge is 0.367 e. The summed E-state index contributed by atoms with van der Waals surface area (Å²) in [6.07, 6.45) is 4.77. The average molecular weight is 180 g/mol. The standard InChI is InChI=1S/C7H8N4O2/c8-6(12)7(13)11-10-4-5-1-2-9-3-5/h1-4,9H,(H2,8,12)(H,11,13)/b10-4+. The Morgan fingerprint density at radius 2 is 2.38 bits per heavy atom. The van der Waals surface area contributed by atoms with Crippen molar-refractivity contribution in [1.82, 2.24) is 10.4 Å². The van der Waals surface area contributed by atoms with Gasteiger partial charge in [0, 0.05) is 18.0 Å². The fraction of sp³-hybridized carbons (Fsp3) is 0. The van der Waals surface area contributed by atoms with E-state index in [1.165, 1.54) is 6.21 Å². The molecular formula is C7H8N4O2. The van der Waals surface area contributed by atoms with Gasteiger partial charge in [-0.25, -0.2) is 5.43 Å². The van der Waals surface area contributed by atoms with Crippen LogP contribution in [-0.4, -0.2) is 23.0 Å². The quantitative estimate of drug-likeness (QED) is 0.307. The molecule has 0 aliphatic heterocycles. The van der Waals surface area contributed by atoms with Crippen molar-refractivity contribution in [2.75, 3.05) is 0 Å². The molecule has 0 aromatic carbocycles. The first kappa shape index (κ1) is 8.98. The van der Waals surface area contributed by atoms with Crippen LogP contribution in [0.4, 0.5) is 0 Å². The molecule has 1 aromatic rings. The molecule has 0 atom stereocenters. The van der Waals surface area contributed by atoms with Gasteiger partial charge in [0.1, 0.15) is 0 Å². The second kappa shape index (κ2) is 4.05. The van der Waals surface area contributed by atoms with Crippen molar-refractivity contribution < 1.29 is 9.59 Å². The number of rotatable bonds is 2. The third-order valence-electron chi connectivity index (χ3n) is 1.23. The third-order valence-corrected chi connectivity index (χ3v) is 1.23. The molecule has 6 nitrogen and oxygen atoms in total. The summed E-state index contributed by atoms with van der Waals surface area (Å²) in [6, 6.07) is 1.75. The van der Waals surface area contributed by atoms with Crippen LogP contribution in [0.25, 0.3) is 0 Å². The Hall–Kier alpha value is -2.11. The molecule has 2 amide bonds. The molecule has 0 saturated carbocycles. The molecule has 4 N–H and O–H groups in total. The summed E-state index contributed by atoms with van der Waals surface area (Å²) in [5.74, 6) is -2.00. The van der Waals surface area contributed by atoms with E-state index < -0.39 is 11.8 Å². The summed E-state index contributed by atoms with van der Waals surface area (Å²) in [4.78, 5) is 23.6. The van der Waals surface area contributed by atoms with Crippen LogP contribution in [0.2, 0.25) is 0 Å². The number of aromatic amines is 1. The van der Waals surface area contributed by atoms with Gasteiger partial charge < -0.3 is 10.7 Å². The SMILES string of the molecule is NC(=O)C(=O)N/N=C/c1cc[nH]c1. The summed E-state index contributed by atoms with van der Waals surface area (Å²) in [6.45, 7) is 0. The molecule has 0 aliphatic carbocycles. The normalized spacial score (nSPS) is 10.2. The van der Waals surface area contributed by atoms with E-state index in [1.54, 1.807) is 18.5 Å². The van der Waals surface area contributed by atoms with Gasteiger partial charge in [-0.1, -0.05) is 0 Å². The number of amides is 2. The van der Waals surface area contributed by atoms with Gasteiger partial charge >= 0.3 is 11.8 Å². The number of primary amides is 1. The third kappa shape index (κ3) is 2.78. The van der Waals surface area contributed by atoms with Gasteiger partial charge in [-0.2, -0.15) is 5.10 Å². The van der Waals surface area contributed by atoms with E-state index in [1.807, 2.05) is 5.43 Å². The molecule has 0 spiro atoms. The number of carbonyl (C=O) groups is 2. The number of nitrogens with zero attached hydrogens (tertiary/aromatic N) is 1. The van der Waals surface area contributed by atoms with Gasteiger partial charge in [0.2, 0.25) is 0 Å². The second-order valence-electron chi connectivity index (χ2n) is 2.21. The van der Waals surface area contributed by atoms with Crippen molar-refractivity contribution in [3.8, 4) is 0 Å². The number of hydrogen-bond acceptors (Lipinski definition) is 3. The van der Waals surface area contributed by atoms with Gasteiger partial charge in [0.15, 0.2) is 0 Å². The monoisotopic (exact) mass is 180 g/mol. The van der Waals surface area contributed by atoms with Crippen LogP contribution < -0.4 is 11.2 Å². The Bertz CT molecular complexity index is 328. The molecule has 1 rings (SSSR count). The summed E-state index contributed by atoms with van der Waals surface area (Å²) in [5, 5.41) is 3.49. The number of carbonyl (C=O) groups excluding carboxylic acids is 2. The lowest BCUT2D eigenvalue weighted by Gasteiger charge is -1.91. The van der Waals surface area contributed by atoms with Crippen LogP contribution in [-0.2, 0) is 9.59 Å². The predicted octanol–water partition coefficient (Wildman–Crippen LogP) is -1.05. The Kier molecular flexibility index (Phi) is 2.80. The topological polar surface area (TPSA) is 100 Å². The van der Waals surface area contributed by atoms with E-state index in [9.17, 15) is 9.59 Å². The van der Waals surface area contributed by atoms with Gasteiger partial charge in [-0.3, -0.25) is 9.59 Å². The van der Waals surface area contributed by atoms with Crippen LogP contribution in [0.1, 0.15) is 5.56 Å². The minimum atomic E-state index is -1.06. The van der Waals surface area contributed by atoms with E-state index in [0.717, 1.165) is 5.56 Å². The Balaban J connectivity index is 2.43. The molecule has 0 unspecified atom stereocenters. The van der Waals surface area contributed by atoms with Crippen molar-refractivity contribution in [3.63, 3.8) is 0 Å². The van der Waals surface area contributed by atoms with Crippen molar-refractivity contribution in [2.24, 2.45) is 10.8 Å². The molecule has 1 heterocycles. The van der Waals surface area contributed by atoms with Crippen molar-refractivity contribution >= 4 is 18.0 Å². The average Bonchev–Trinajstić information content (AvgIpc) is 2.56. The highest BCUT2D eigenvalue weighted by molar-refractivity contribution is 6.34.